The fourth-order valence-electron chi connectivity index (χ4n) is 4.12. The highest BCUT2D eigenvalue weighted by Gasteiger charge is 2.24. The number of aryl methyl sites for hydroxylation is 2. The van der Waals surface area contributed by atoms with E-state index in [0.29, 0.717) is 17.0 Å². The van der Waals surface area contributed by atoms with Crippen molar-refractivity contribution in [2.45, 2.75) is 34.1 Å². The third kappa shape index (κ3) is 3.99. The van der Waals surface area contributed by atoms with Crippen molar-refractivity contribution in [3.63, 3.8) is 0 Å². The van der Waals surface area contributed by atoms with Crippen LogP contribution in [0.15, 0.2) is 54.6 Å². The van der Waals surface area contributed by atoms with Crippen LogP contribution in [0.25, 0.3) is 22.3 Å². The zero-order chi connectivity index (χ0) is 22.0. The lowest BCUT2D eigenvalue weighted by atomic mass is 9.80. The Morgan fingerprint density at radius 2 is 1.23 bits per heavy atom. The van der Waals surface area contributed by atoms with Crippen LogP contribution in [0, 0.1) is 19.8 Å². The first kappa shape index (κ1) is 21.3. The van der Waals surface area contributed by atoms with E-state index >= 15 is 0 Å². The second kappa shape index (κ2) is 8.54. The number of aromatic carboxylic acids is 2. The molecule has 2 N–H and O–H groups in total. The van der Waals surface area contributed by atoms with Gasteiger partial charge in [0.15, 0.2) is 0 Å². The van der Waals surface area contributed by atoms with Gasteiger partial charge in [-0.15, -0.1) is 0 Å². The van der Waals surface area contributed by atoms with Gasteiger partial charge >= 0.3 is 11.9 Å². The van der Waals surface area contributed by atoms with Crippen molar-refractivity contribution in [1.82, 2.24) is 0 Å². The summed E-state index contributed by atoms with van der Waals surface area (Å²) < 4.78 is 0. The molecule has 0 radical (unpaired) electrons. The minimum atomic E-state index is -1.01. The topological polar surface area (TPSA) is 74.6 Å². The fourth-order valence-corrected chi connectivity index (χ4v) is 4.12. The molecule has 30 heavy (non-hydrogen) atoms. The maximum Gasteiger partial charge on any atom is 0.336 e. The van der Waals surface area contributed by atoms with Crippen LogP contribution < -0.4 is 0 Å². The zero-order valence-electron chi connectivity index (χ0n) is 17.7. The van der Waals surface area contributed by atoms with E-state index in [1.165, 1.54) is 0 Å². The van der Waals surface area contributed by atoms with Gasteiger partial charge in [-0.2, -0.15) is 0 Å². The van der Waals surface area contributed by atoms with Crippen LogP contribution in [0.1, 0.15) is 51.3 Å². The molecule has 0 aromatic heterocycles. The molecule has 0 aliphatic rings. The molecule has 3 aromatic carbocycles. The van der Waals surface area contributed by atoms with Crippen molar-refractivity contribution < 1.29 is 19.8 Å². The van der Waals surface area contributed by atoms with Gasteiger partial charge < -0.3 is 10.2 Å². The second-order valence-corrected chi connectivity index (χ2v) is 8.04. The molecular weight excluding hydrogens is 376 g/mol. The first-order valence-corrected chi connectivity index (χ1v) is 10.0. The van der Waals surface area contributed by atoms with E-state index in [1.807, 2.05) is 32.0 Å². The zero-order valence-corrected chi connectivity index (χ0v) is 17.7. The lowest BCUT2D eigenvalue weighted by molar-refractivity contribution is 0.0686. The Kier molecular flexibility index (Phi) is 6.06. The molecule has 4 nitrogen and oxygen atoms in total. The summed E-state index contributed by atoms with van der Waals surface area (Å²) in [6.45, 7) is 8.23. The monoisotopic (exact) mass is 402 g/mol. The highest BCUT2D eigenvalue weighted by Crippen LogP contribution is 2.42. The van der Waals surface area contributed by atoms with Gasteiger partial charge in [0.2, 0.25) is 0 Å². The van der Waals surface area contributed by atoms with Crippen molar-refractivity contribution in [3.8, 4) is 22.3 Å². The minimum absolute atomic E-state index is 0.203. The van der Waals surface area contributed by atoms with E-state index < -0.39 is 11.9 Å². The molecule has 0 aliphatic carbocycles. The van der Waals surface area contributed by atoms with Gasteiger partial charge in [-0.25, -0.2) is 9.59 Å². The van der Waals surface area contributed by atoms with Crippen molar-refractivity contribution in [3.05, 3.63) is 82.4 Å². The predicted octanol–water partition coefficient (Wildman–Crippen LogP) is 6.23. The van der Waals surface area contributed by atoms with Crippen LogP contribution >= 0.6 is 0 Å². The molecule has 0 amide bonds. The first-order chi connectivity index (χ1) is 14.2. The van der Waals surface area contributed by atoms with Gasteiger partial charge in [0, 0.05) is 0 Å². The maximum atomic E-state index is 12.0. The summed E-state index contributed by atoms with van der Waals surface area (Å²) in [6.07, 6.45) is 0.762. The molecule has 3 rings (SSSR count). The van der Waals surface area contributed by atoms with E-state index in [9.17, 15) is 19.8 Å². The molecule has 0 aliphatic heterocycles. The van der Waals surface area contributed by atoms with Crippen LogP contribution in [0.4, 0.5) is 0 Å². The van der Waals surface area contributed by atoms with Crippen LogP contribution in [-0.4, -0.2) is 22.2 Å². The molecule has 0 fully saturated rings. The van der Waals surface area contributed by atoms with E-state index in [0.717, 1.165) is 34.2 Å². The van der Waals surface area contributed by atoms with E-state index in [2.05, 4.69) is 19.9 Å². The number of hydrogen-bond donors (Lipinski definition) is 2. The molecule has 0 unspecified atom stereocenters. The Morgan fingerprint density at radius 1 is 0.767 bits per heavy atom. The third-order valence-electron chi connectivity index (χ3n) is 5.32. The quantitative estimate of drug-likeness (QED) is 0.512. The molecule has 0 saturated heterocycles. The van der Waals surface area contributed by atoms with Crippen molar-refractivity contribution in [1.29, 1.82) is 0 Å². The minimum Gasteiger partial charge on any atom is -0.478 e. The summed E-state index contributed by atoms with van der Waals surface area (Å²) in [5.41, 5.74) is 6.27. The molecule has 0 atom stereocenters. The lowest BCUT2D eigenvalue weighted by Gasteiger charge is -2.23. The average molecular weight is 402 g/mol. The number of carboxylic acids is 2. The SMILES string of the molecule is Cc1cc(C)c(-c2ccccc2C(=O)O)c(-c2ccccc2C(=O)O)c1CC(C)C. The highest BCUT2D eigenvalue weighted by atomic mass is 16.4. The Labute approximate surface area is 176 Å². The predicted molar refractivity (Wildman–Crippen MR) is 119 cm³/mol. The summed E-state index contributed by atoms with van der Waals surface area (Å²) in [5, 5.41) is 19.6. The Morgan fingerprint density at radius 3 is 1.70 bits per heavy atom. The molecule has 0 heterocycles. The molecule has 4 heteroatoms. The molecule has 154 valence electrons. The normalized spacial score (nSPS) is 11.0. The van der Waals surface area contributed by atoms with Crippen molar-refractivity contribution >= 4 is 11.9 Å². The Hall–Kier alpha value is -3.40. The molecule has 0 bridgehead atoms. The van der Waals surface area contributed by atoms with E-state index in [-0.39, 0.29) is 11.1 Å². The molecular formula is C26H26O4. The van der Waals surface area contributed by atoms with Gasteiger partial charge in [0.25, 0.3) is 0 Å². The maximum absolute atomic E-state index is 12.0. The van der Waals surface area contributed by atoms with Crippen molar-refractivity contribution in [2.75, 3.05) is 0 Å². The number of benzene rings is 3. The highest BCUT2D eigenvalue weighted by molar-refractivity contribution is 6.04. The largest absolute Gasteiger partial charge is 0.478 e. The Bertz CT molecular complexity index is 1130. The van der Waals surface area contributed by atoms with E-state index in [1.54, 1.807) is 30.3 Å². The van der Waals surface area contributed by atoms with Crippen LogP contribution in [-0.2, 0) is 6.42 Å². The fraction of sp³-hybridized carbons (Fsp3) is 0.231. The number of carbonyl (C=O) groups is 2. The number of rotatable bonds is 6. The van der Waals surface area contributed by atoms with Crippen molar-refractivity contribution in [2.24, 2.45) is 5.92 Å². The standard InChI is InChI=1S/C26H26O4/c1-15(2)13-22-16(3)14-17(4)23(18-9-5-7-11-20(18)25(27)28)24(22)19-10-6-8-12-21(19)26(29)30/h5-12,14-15H,13H2,1-4H3,(H,27,28)(H,29,30). The van der Waals surface area contributed by atoms with Gasteiger partial charge in [0.1, 0.15) is 0 Å². The number of carboxylic acid groups (broad SMARTS) is 2. The summed E-state index contributed by atoms with van der Waals surface area (Å²) in [5.74, 6) is -1.66. The van der Waals surface area contributed by atoms with Crippen LogP contribution in [0.5, 0.6) is 0 Å². The summed E-state index contributed by atoms with van der Waals surface area (Å²) >= 11 is 0. The van der Waals surface area contributed by atoms with Crippen LogP contribution in [0.3, 0.4) is 0 Å². The molecule has 0 saturated carbocycles. The number of hydrogen-bond acceptors (Lipinski definition) is 2. The average Bonchev–Trinajstić information content (AvgIpc) is 2.69. The first-order valence-electron chi connectivity index (χ1n) is 10.0. The van der Waals surface area contributed by atoms with Gasteiger partial charge in [0.05, 0.1) is 11.1 Å². The summed E-state index contributed by atoms with van der Waals surface area (Å²) in [4.78, 5) is 24.0. The van der Waals surface area contributed by atoms with Gasteiger partial charge in [-0.1, -0.05) is 56.3 Å². The smallest absolute Gasteiger partial charge is 0.336 e. The second-order valence-electron chi connectivity index (χ2n) is 8.04. The molecule has 3 aromatic rings. The summed E-state index contributed by atoms with van der Waals surface area (Å²) in [6, 6.07) is 15.9. The molecule has 0 spiro atoms. The summed E-state index contributed by atoms with van der Waals surface area (Å²) in [7, 11) is 0. The van der Waals surface area contributed by atoms with Gasteiger partial charge in [-0.3, -0.25) is 0 Å². The Balaban J connectivity index is 2.52. The third-order valence-corrected chi connectivity index (χ3v) is 5.32. The van der Waals surface area contributed by atoms with Crippen LogP contribution in [0.2, 0.25) is 0 Å². The lowest BCUT2D eigenvalue weighted by Crippen LogP contribution is -2.08. The van der Waals surface area contributed by atoms with Gasteiger partial charge in [-0.05, 0) is 77.3 Å². The van der Waals surface area contributed by atoms with E-state index in [4.69, 9.17) is 0 Å².